The lowest BCUT2D eigenvalue weighted by Gasteiger charge is -2.43. The quantitative estimate of drug-likeness (QED) is 0.666. The number of aryl methyl sites for hydroxylation is 1. The Morgan fingerprint density at radius 1 is 1.10 bits per heavy atom. The van der Waals surface area contributed by atoms with Crippen molar-refractivity contribution >= 4 is 11.6 Å². The van der Waals surface area contributed by atoms with Crippen LogP contribution in [0.1, 0.15) is 44.7 Å². The predicted molar refractivity (Wildman–Crippen MR) is 78.0 cm³/mol. The number of benzene rings is 1. The van der Waals surface area contributed by atoms with Crippen molar-refractivity contribution in [2.24, 2.45) is 5.90 Å². The maximum atomic E-state index is 12.7. The van der Waals surface area contributed by atoms with Crippen LogP contribution in [-0.2, 0) is 14.3 Å². The van der Waals surface area contributed by atoms with Gasteiger partial charge in [-0.05, 0) is 57.9 Å². The number of Topliss-reactive ketones (excluding diaryl/α,β-unsaturated/α-hetero) is 2. The molecule has 1 aliphatic rings. The first-order valence-electron chi connectivity index (χ1n) is 6.86. The Morgan fingerprint density at radius 2 is 1.62 bits per heavy atom. The summed E-state index contributed by atoms with van der Waals surface area (Å²) in [5, 5.41) is 0. The fourth-order valence-corrected chi connectivity index (χ4v) is 2.88. The van der Waals surface area contributed by atoms with E-state index in [1.54, 1.807) is 45.9 Å². The van der Waals surface area contributed by atoms with Crippen LogP contribution in [0.3, 0.4) is 0 Å². The van der Waals surface area contributed by atoms with Gasteiger partial charge in [-0.1, -0.05) is 6.07 Å². The summed E-state index contributed by atoms with van der Waals surface area (Å²) >= 11 is 0. The van der Waals surface area contributed by atoms with Gasteiger partial charge in [0.05, 0.1) is 0 Å². The van der Waals surface area contributed by atoms with E-state index in [4.69, 9.17) is 10.6 Å². The van der Waals surface area contributed by atoms with Crippen molar-refractivity contribution in [2.75, 3.05) is 0 Å². The van der Waals surface area contributed by atoms with E-state index in [2.05, 4.69) is 4.84 Å². The van der Waals surface area contributed by atoms with Gasteiger partial charge in [-0.25, -0.2) is 0 Å². The van der Waals surface area contributed by atoms with Gasteiger partial charge in [0, 0.05) is 0 Å². The number of carbonyl (C=O) groups excluding carboxylic acids is 2. The summed E-state index contributed by atoms with van der Waals surface area (Å²) in [5.41, 5.74) is -0.539. The van der Waals surface area contributed by atoms with Crippen LogP contribution >= 0.6 is 0 Å². The van der Waals surface area contributed by atoms with Crippen molar-refractivity contribution in [2.45, 2.75) is 51.7 Å². The van der Waals surface area contributed by atoms with Crippen molar-refractivity contribution in [1.82, 2.24) is 0 Å². The summed E-state index contributed by atoms with van der Waals surface area (Å²) in [6.07, 6.45) is 0. The normalized spacial score (nSPS) is 21.4. The number of carbonyl (C=O) groups is 2. The Kier molecular flexibility index (Phi) is 3.68. The largest absolute Gasteiger partial charge is 0.412 e. The molecule has 2 rings (SSSR count). The molecule has 0 saturated carbocycles. The molecular formula is C16H21NO4. The molecule has 21 heavy (non-hydrogen) atoms. The Morgan fingerprint density at radius 3 is 2.05 bits per heavy atom. The highest BCUT2D eigenvalue weighted by Crippen LogP contribution is 2.39. The Hall–Kier alpha value is -1.72. The van der Waals surface area contributed by atoms with Crippen LogP contribution in [0.25, 0.3) is 0 Å². The van der Waals surface area contributed by atoms with Crippen LogP contribution in [0.2, 0.25) is 0 Å². The molecule has 0 aromatic heterocycles. The van der Waals surface area contributed by atoms with Crippen molar-refractivity contribution in [3.05, 3.63) is 29.3 Å². The molecule has 0 amide bonds. The average molecular weight is 291 g/mol. The minimum Gasteiger partial charge on any atom is -0.412 e. The molecule has 0 unspecified atom stereocenters. The van der Waals surface area contributed by atoms with Crippen LogP contribution in [-0.4, -0.2) is 22.8 Å². The summed E-state index contributed by atoms with van der Waals surface area (Å²) in [7, 11) is 0. The number of rotatable bonds is 2. The third-order valence-electron chi connectivity index (χ3n) is 3.91. The second kappa shape index (κ2) is 4.93. The van der Waals surface area contributed by atoms with Gasteiger partial charge in [0.15, 0.2) is 11.6 Å². The van der Waals surface area contributed by atoms with E-state index >= 15 is 0 Å². The molecular weight excluding hydrogens is 270 g/mol. The molecule has 1 aliphatic heterocycles. The lowest BCUT2D eigenvalue weighted by molar-refractivity contribution is -0.184. The van der Waals surface area contributed by atoms with Crippen LogP contribution < -0.4 is 10.7 Å². The van der Waals surface area contributed by atoms with Gasteiger partial charge >= 0.3 is 0 Å². The van der Waals surface area contributed by atoms with E-state index in [0.717, 1.165) is 5.56 Å². The highest BCUT2D eigenvalue weighted by molar-refractivity contribution is 6.15. The number of hydrogen-bond acceptors (Lipinski definition) is 5. The van der Waals surface area contributed by atoms with Crippen LogP contribution in [0.4, 0.5) is 0 Å². The maximum Gasteiger partial charge on any atom is 0.179 e. The Balaban J connectivity index is 2.54. The van der Waals surface area contributed by atoms with Crippen LogP contribution in [0, 0.1) is 6.92 Å². The summed E-state index contributed by atoms with van der Waals surface area (Å²) in [6.45, 7) is 8.62. The van der Waals surface area contributed by atoms with Gasteiger partial charge in [0.2, 0.25) is 0 Å². The summed E-state index contributed by atoms with van der Waals surface area (Å²) in [5.74, 6) is 4.35. The molecule has 5 nitrogen and oxygen atoms in total. The highest BCUT2D eigenvalue weighted by atomic mass is 16.6. The molecule has 0 spiro atoms. The standard InChI is InChI=1S/C16H21NO4/c1-9-8-10(20-17)6-7-11(9)12-13(18)15(2,3)21-16(4,5)14(12)19/h6-8,12H,17H2,1-5H3. The number of hydrogen-bond donors (Lipinski definition) is 1. The third kappa shape index (κ3) is 2.59. The van der Waals surface area contributed by atoms with E-state index in [-0.39, 0.29) is 11.6 Å². The molecule has 1 saturated heterocycles. The summed E-state index contributed by atoms with van der Waals surface area (Å²) < 4.78 is 5.68. The monoisotopic (exact) mass is 291 g/mol. The molecule has 2 N–H and O–H groups in total. The Labute approximate surface area is 124 Å². The lowest BCUT2D eigenvalue weighted by Crippen LogP contribution is -2.57. The molecule has 0 radical (unpaired) electrons. The van der Waals surface area contributed by atoms with Gasteiger partial charge in [-0.2, -0.15) is 5.90 Å². The first-order valence-corrected chi connectivity index (χ1v) is 6.86. The SMILES string of the molecule is Cc1cc(ON)ccc1C1C(=O)C(C)(C)OC(C)(C)C1=O. The van der Waals surface area contributed by atoms with Crippen LogP contribution in [0.5, 0.6) is 5.75 Å². The second-order valence-electron chi connectivity index (χ2n) is 6.42. The van der Waals surface area contributed by atoms with Gasteiger partial charge < -0.3 is 9.57 Å². The minimum atomic E-state index is -1.00. The van der Waals surface area contributed by atoms with Crippen molar-refractivity contribution in [3.8, 4) is 5.75 Å². The minimum absolute atomic E-state index is 0.226. The zero-order valence-electron chi connectivity index (χ0n) is 13.0. The highest BCUT2D eigenvalue weighted by Gasteiger charge is 2.53. The van der Waals surface area contributed by atoms with Gasteiger partial charge in [0.1, 0.15) is 22.9 Å². The van der Waals surface area contributed by atoms with Gasteiger partial charge in [-0.3, -0.25) is 9.59 Å². The fourth-order valence-electron chi connectivity index (χ4n) is 2.88. The molecule has 114 valence electrons. The first kappa shape index (κ1) is 15.7. The van der Waals surface area contributed by atoms with E-state index < -0.39 is 17.1 Å². The van der Waals surface area contributed by atoms with Gasteiger partial charge in [0.25, 0.3) is 0 Å². The Bertz CT molecular complexity index is 578. The molecule has 5 heteroatoms. The number of ether oxygens (including phenoxy) is 1. The van der Waals surface area contributed by atoms with E-state index in [9.17, 15) is 9.59 Å². The third-order valence-corrected chi connectivity index (χ3v) is 3.91. The summed E-state index contributed by atoms with van der Waals surface area (Å²) in [4.78, 5) is 30.0. The molecule has 0 aliphatic carbocycles. The first-order chi connectivity index (χ1) is 9.60. The van der Waals surface area contributed by atoms with Crippen molar-refractivity contribution in [3.63, 3.8) is 0 Å². The number of nitrogens with two attached hydrogens (primary N) is 1. The smallest absolute Gasteiger partial charge is 0.179 e. The lowest BCUT2D eigenvalue weighted by atomic mass is 9.74. The van der Waals surface area contributed by atoms with Crippen molar-refractivity contribution < 1.29 is 19.2 Å². The topological polar surface area (TPSA) is 78.6 Å². The average Bonchev–Trinajstić information content (AvgIpc) is 2.37. The second-order valence-corrected chi connectivity index (χ2v) is 6.42. The zero-order valence-corrected chi connectivity index (χ0v) is 13.0. The molecule has 1 aromatic rings. The van der Waals surface area contributed by atoms with E-state index in [1.165, 1.54) is 0 Å². The van der Waals surface area contributed by atoms with Gasteiger partial charge in [-0.15, -0.1) is 0 Å². The van der Waals surface area contributed by atoms with Crippen molar-refractivity contribution in [1.29, 1.82) is 0 Å². The molecule has 1 fully saturated rings. The number of ketones is 2. The summed E-state index contributed by atoms with van der Waals surface area (Å²) in [6, 6.07) is 5.08. The molecule has 0 bridgehead atoms. The zero-order chi connectivity index (χ0) is 16.0. The fraction of sp³-hybridized carbons (Fsp3) is 0.500. The van der Waals surface area contributed by atoms with Crippen LogP contribution in [0.15, 0.2) is 18.2 Å². The molecule has 0 atom stereocenters. The van der Waals surface area contributed by atoms with E-state index in [0.29, 0.717) is 11.3 Å². The molecule has 1 aromatic carbocycles. The molecule has 1 heterocycles. The van der Waals surface area contributed by atoms with E-state index in [1.807, 2.05) is 6.92 Å². The maximum absolute atomic E-state index is 12.7. The predicted octanol–water partition coefficient (Wildman–Crippen LogP) is 2.06.